The highest BCUT2D eigenvalue weighted by molar-refractivity contribution is 5.93. The summed E-state index contributed by atoms with van der Waals surface area (Å²) in [5, 5.41) is 3.15. The number of imidazole rings is 1. The van der Waals surface area contributed by atoms with E-state index in [-0.39, 0.29) is 11.9 Å². The average molecular weight is 342 g/mol. The van der Waals surface area contributed by atoms with Gasteiger partial charge in [0.25, 0.3) is 5.91 Å². The summed E-state index contributed by atoms with van der Waals surface area (Å²) in [6.45, 7) is 6.02. The van der Waals surface area contributed by atoms with Gasteiger partial charge in [-0.05, 0) is 44.2 Å². The van der Waals surface area contributed by atoms with Crippen molar-refractivity contribution >= 4 is 11.6 Å². The van der Waals surface area contributed by atoms with Crippen molar-refractivity contribution in [3.05, 3.63) is 35.8 Å². The molecule has 2 aliphatic heterocycles. The number of nitrogens with zero attached hydrogens (tertiary/aromatic N) is 3. The van der Waals surface area contributed by atoms with Crippen LogP contribution in [-0.2, 0) is 4.74 Å². The fourth-order valence-corrected chi connectivity index (χ4v) is 3.81. The highest BCUT2D eigenvalue weighted by Gasteiger charge is 2.25. The van der Waals surface area contributed by atoms with Gasteiger partial charge < -0.3 is 19.4 Å². The number of aromatic nitrogens is 2. The Balaban J connectivity index is 1.30. The number of amides is 1. The summed E-state index contributed by atoms with van der Waals surface area (Å²) in [5.41, 5.74) is 2.45. The van der Waals surface area contributed by atoms with Crippen LogP contribution in [0.4, 0.5) is 0 Å². The SMILES string of the molecule is Cc1ccc2nc(C(=O)NC3CCN(C[C@H]4CCCO4)CC3)cn2c1. The minimum Gasteiger partial charge on any atom is -0.377 e. The van der Waals surface area contributed by atoms with E-state index in [4.69, 9.17) is 4.74 Å². The number of aryl methyl sites for hydroxylation is 1. The van der Waals surface area contributed by atoms with E-state index in [0.717, 1.165) is 50.3 Å². The third-order valence-corrected chi connectivity index (χ3v) is 5.24. The van der Waals surface area contributed by atoms with Crippen LogP contribution in [0.5, 0.6) is 0 Å². The molecule has 2 saturated heterocycles. The van der Waals surface area contributed by atoms with Crippen molar-refractivity contribution in [1.29, 1.82) is 0 Å². The van der Waals surface area contributed by atoms with E-state index in [1.54, 1.807) is 0 Å². The van der Waals surface area contributed by atoms with Gasteiger partial charge in [-0.2, -0.15) is 0 Å². The first kappa shape index (κ1) is 16.5. The van der Waals surface area contributed by atoms with Crippen LogP contribution in [0.3, 0.4) is 0 Å². The lowest BCUT2D eigenvalue weighted by molar-refractivity contribution is 0.0612. The molecule has 1 amide bonds. The summed E-state index contributed by atoms with van der Waals surface area (Å²) in [6, 6.07) is 4.18. The number of hydrogen-bond donors (Lipinski definition) is 1. The zero-order valence-electron chi connectivity index (χ0n) is 14.8. The van der Waals surface area contributed by atoms with E-state index in [9.17, 15) is 4.79 Å². The Labute approximate surface area is 148 Å². The van der Waals surface area contributed by atoms with Gasteiger partial charge in [-0.3, -0.25) is 4.79 Å². The zero-order chi connectivity index (χ0) is 17.2. The van der Waals surface area contributed by atoms with Gasteiger partial charge in [0.1, 0.15) is 11.3 Å². The van der Waals surface area contributed by atoms with Gasteiger partial charge in [0.2, 0.25) is 0 Å². The lowest BCUT2D eigenvalue weighted by Crippen LogP contribution is -2.46. The number of rotatable bonds is 4. The number of piperidine rings is 1. The molecule has 1 N–H and O–H groups in total. The molecule has 2 fully saturated rings. The second kappa shape index (κ2) is 7.14. The van der Waals surface area contributed by atoms with Crippen LogP contribution >= 0.6 is 0 Å². The van der Waals surface area contributed by atoms with Gasteiger partial charge in [0, 0.05) is 44.7 Å². The van der Waals surface area contributed by atoms with Crippen LogP contribution in [0.25, 0.3) is 5.65 Å². The first-order valence-corrected chi connectivity index (χ1v) is 9.27. The summed E-state index contributed by atoms with van der Waals surface area (Å²) in [6.07, 6.45) is 8.57. The molecule has 2 aromatic rings. The molecule has 2 aromatic heterocycles. The maximum Gasteiger partial charge on any atom is 0.271 e. The molecule has 0 unspecified atom stereocenters. The van der Waals surface area contributed by atoms with E-state index < -0.39 is 0 Å². The highest BCUT2D eigenvalue weighted by atomic mass is 16.5. The molecule has 0 spiro atoms. The average Bonchev–Trinajstić information content (AvgIpc) is 3.25. The van der Waals surface area contributed by atoms with Gasteiger partial charge in [-0.25, -0.2) is 4.98 Å². The Kier molecular flexibility index (Phi) is 4.72. The molecule has 25 heavy (non-hydrogen) atoms. The summed E-state index contributed by atoms with van der Waals surface area (Å²) in [5.74, 6) is -0.0704. The molecule has 4 rings (SSSR count). The number of hydrogen-bond acceptors (Lipinski definition) is 4. The molecule has 1 atom stereocenters. The van der Waals surface area contributed by atoms with Crippen LogP contribution in [0.2, 0.25) is 0 Å². The second-order valence-corrected chi connectivity index (χ2v) is 7.28. The van der Waals surface area contributed by atoms with Crippen molar-refractivity contribution in [3.8, 4) is 0 Å². The van der Waals surface area contributed by atoms with Gasteiger partial charge in [0.05, 0.1) is 6.10 Å². The fraction of sp³-hybridized carbons (Fsp3) is 0.579. The molecule has 0 bridgehead atoms. The first-order chi connectivity index (χ1) is 12.2. The van der Waals surface area contributed by atoms with E-state index in [1.807, 2.05) is 35.9 Å². The largest absolute Gasteiger partial charge is 0.377 e. The minimum atomic E-state index is -0.0704. The summed E-state index contributed by atoms with van der Waals surface area (Å²) in [7, 11) is 0. The maximum atomic E-state index is 12.5. The fourth-order valence-electron chi connectivity index (χ4n) is 3.81. The Morgan fingerprint density at radius 3 is 2.88 bits per heavy atom. The van der Waals surface area contributed by atoms with Crippen LogP contribution in [0.1, 0.15) is 41.7 Å². The number of fused-ring (bicyclic) bond motifs is 1. The first-order valence-electron chi connectivity index (χ1n) is 9.27. The van der Waals surface area contributed by atoms with E-state index >= 15 is 0 Å². The van der Waals surface area contributed by atoms with Crippen LogP contribution in [0.15, 0.2) is 24.5 Å². The minimum absolute atomic E-state index is 0.0704. The number of ether oxygens (including phenoxy) is 1. The van der Waals surface area contributed by atoms with Crippen LogP contribution in [-0.4, -0.2) is 58.6 Å². The third-order valence-electron chi connectivity index (χ3n) is 5.24. The number of carbonyl (C=O) groups excluding carboxylic acids is 1. The Bertz CT molecular complexity index is 743. The molecule has 0 aliphatic carbocycles. The summed E-state index contributed by atoms with van der Waals surface area (Å²) < 4.78 is 7.63. The monoisotopic (exact) mass is 342 g/mol. The molecule has 134 valence electrons. The Morgan fingerprint density at radius 1 is 1.28 bits per heavy atom. The Morgan fingerprint density at radius 2 is 2.12 bits per heavy atom. The molecule has 6 nitrogen and oxygen atoms in total. The molecule has 6 heteroatoms. The Hall–Kier alpha value is -1.92. The van der Waals surface area contributed by atoms with Crippen molar-refractivity contribution in [1.82, 2.24) is 19.6 Å². The second-order valence-electron chi connectivity index (χ2n) is 7.28. The lowest BCUT2D eigenvalue weighted by atomic mass is 10.0. The molecule has 4 heterocycles. The number of carbonyl (C=O) groups is 1. The molecule has 2 aliphatic rings. The van der Waals surface area contributed by atoms with Crippen molar-refractivity contribution in [2.24, 2.45) is 0 Å². The zero-order valence-corrected chi connectivity index (χ0v) is 14.8. The van der Waals surface area contributed by atoms with E-state index in [2.05, 4.69) is 15.2 Å². The predicted molar refractivity (Wildman–Crippen MR) is 95.8 cm³/mol. The normalized spacial score (nSPS) is 22.5. The number of likely N-dealkylation sites (tertiary alicyclic amines) is 1. The van der Waals surface area contributed by atoms with E-state index in [0.29, 0.717) is 11.8 Å². The van der Waals surface area contributed by atoms with Crippen molar-refractivity contribution in [3.63, 3.8) is 0 Å². The molecule has 0 radical (unpaired) electrons. The standard InChI is InChI=1S/C19H26N4O2/c1-14-4-5-18-21-17(13-23(18)11-14)19(24)20-15-6-8-22(9-7-15)12-16-3-2-10-25-16/h4-5,11,13,15-16H,2-3,6-10,12H2,1H3,(H,20,24)/t16-/m1/s1. The lowest BCUT2D eigenvalue weighted by Gasteiger charge is -2.33. The molecular formula is C19H26N4O2. The molecule has 0 saturated carbocycles. The van der Waals surface area contributed by atoms with Gasteiger partial charge in [-0.15, -0.1) is 0 Å². The van der Waals surface area contributed by atoms with E-state index in [1.165, 1.54) is 12.8 Å². The number of pyridine rings is 1. The quantitative estimate of drug-likeness (QED) is 0.923. The molecular weight excluding hydrogens is 316 g/mol. The smallest absolute Gasteiger partial charge is 0.271 e. The third kappa shape index (κ3) is 3.85. The number of nitrogens with one attached hydrogen (secondary N) is 1. The van der Waals surface area contributed by atoms with Crippen LogP contribution in [0, 0.1) is 6.92 Å². The van der Waals surface area contributed by atoms with Crippen molar-refractivity contribution in [2.45, 2.75) is 44.8 Å². The predicted octanol–water partition coefficient (Wildman–Crippen LogP) is 2.02. The maximum absolute atomic E-state index is 12.5. The van der Waals surface area contributed by atoms with Gasteiger partial charge in [-0.1, -0.05) is 6.07 Å². The summed E-state index contributed by atoms with van der Waals surface area (Å²) in [4.78, 5) is 19.4. The van der Waals surface area contributed by atoms with Crippen molar-refractivity contribution < 1.29 is 9.53 Å². The van der Waals surface area contributed by atoms with Gasteiger partial charge in [0.15, 0.2) is 0 Å². The topological polar surface area (TPSA) is 58.9 Å². The highest BCUT2D eigenvalue weighted by Crippen LogP contribution is 2.17. The van der Waals surface area contributed by atoms with Crippen LogP contribution < -0.4 is 5.32 Å². The van der Waals surface area contributed by atoms with Crippen molar-refractivity contribution in [2.75, 3.05) is 26.2 Å². The van der Waals surface area contributed by atoms with Gasteiger partial charge >= 0.3 is 0 Å². The molecule has 0 aromatic carbocycles. The summed E-state index contributed by atoms with van der Waals surface area (Å²) >= 11 is 0.